The van der Waals surface area contributed by atoms with Crippen LogP contribution in [0.3, 0.4) is 0 Å². The minimum Gasteiger partial charge on any atom is -0.493 e. The molecule has 0 heterocycles. The second kappa shape index (κ2) is 6.48. The van der Waals surface area contributed by atoms with Crippen LogP contribution in [0.4, 0.5) is 0 Å². The normalized spacial score (nSPS) is 10.2. The van der Waals surface area contributed by atoms with Crippen molar-refractivity contribution in [2.75, 3.05) is 21.3 Å². The second-order valence-corrected chi connectivity index (χ2v) is 3.28. The average molecular weight is 253 g/mol. The number of hydrogen-bond donors (Lipinski definition) is 0. The van der Waals surface area contributed by atoms with Crippen LogP contribution in [0.15, 0.2) is 17.3 Å². The SMILES string of the molecule is COc1cc(/C=N/OC(C)=O)cc(OC)c1OC. The van der Waals surface area contributed by atoms with Gasteiger partial charge in [0, 0.05) is 12.5 Å². The summed E-state index contributed by atoms with van der Waals surface area (Å²) in [5, 5.41) is 3.52. The van der Waals surface area contributed by atoms with Crippen LogP contribution in [0, 0.1) is 0 Å². The first-order valence-electron chi connectivity index (χ1n) is 5.13. The molecule has 18 heavy (non-hydrogen) atoms. The monoisotopic (exact) mass is 253 g/mol. The van der Waals surface area contributed by atoms with E-state index in [0.717, 1.165) is 0 Å². The quantitative estimate of drug-likeness (QED) is 0.453. The van der Waals surface area contributed by atoms with E-state index >= 15 is 0 Å². The van der Waals surface area contributed by atoms with Crippen molar-refractivity contribution in [3.05, 3.63) is 17.7 Å². The summed E-state index contributed by atoms with van der Waals surface area (Å²) in [6.07, 6.45) is 1.38. The van der Waals surface area contributed by atoms with Crippen LogP contribution < -0.4 is 14.2 Å². The van der Waals surface area contributed by atoms with Crippen LogP contribution in [-0.4, -0.2) is 33.5 Å². The fourth-order valence-electron chi connectivity index (χ4n) is 1.34. The number of ether oxygens (including phenoxy) is 3. The lowest BCUT2D eigenvalue weighted by Gasteiger charge is -2.12. The lowest BCUT2D eigenvalue weighted by Crippen LogP contribution is -1.97. The van der Waals surface area contributed by atoms with Crippen molar-refractivity contribution in [1.82, 2.24) is 0 Å². The lowest BCUT2D eigenvalue weighted by atomic mass is 10.2. The molecule has 0 unspecified atom stereocenters. The number of carbonyl (C=O) groups excluding carboxylic acids is 1. The maximum atomic E-state index is 10.6. The first kappa shape index (κ1) is 13.8. The summed E-state index contributed by atoms with van der Waals surface area (Å²) in [5.41, 5.74) is 0.658. The van der Waals surface area contributed by atoms with Crippen molar-refractivity contribution < 1.29 is 23.8 Å². The Balaban J connectivity index is 3.07. The highest BCUT2D eigenvalue weighted by Crippen LogP contribution is 2.37. The van der Waals surface area contributed by atoms with Gasteiger partial charge in [-0.05, 0) is 12.1 Å². The van der Waals surface area contributed by atoms with Crippen LogP contribution in [-0.2, 0) is 9.63 Å². The minimum atomic E-state index is -0.487. The maximum Gasteiger partial charge on any atom is 0.331 e. The van der Waals surface area contributed by atoms with Gasteiger partial charge in [-0.2, -0.15) is 0 Å². The highest BCUT2D eigenvalue weighted by molar-refractivity contribution is 5.82. The molecule has 98 valence electrons. The number of carbonyl (C=O) groups is 1. The number of hydrogen-bond acceptors (Lipinski definition) is 6. The smallest absolute Gasteiger partial charge is 0.331 e. The van der Waals surface area contributed by atoms with E-state index in [1.54, 1.807) is 12.1 Å². The fourth-order valence-corrected chi connectivity index (χ4v) is 1.34. The predicted molar refractivity (Wildman–Crippen MR) is 65.5 cm³/mol. The van der Waals surface area contributed by atoms with Crippen LogP contribution in [0.1, 0.15) is 12.5 Å². The van der Waals surface area contributed by atoms with E-state index in [1.165, 1.54) is 34.5 Å². The Morgan fingerprint density at radius 1 is 1.11 bits per heavy atom. The van der Waals surface area contributed by atoms with E-state index in [-0.39, 0.29) is 0 Å². The van der Waals surface area contributed by atoms with Crippen molar-refractivity contribution in [3.8, 4) is 17.2 Å². The van der Waals surface area contributed by atoms with E-state index in [1.807, 2.05) is 0 Å². The first-order chi connectivity index (χ1) is 8.62. The van der Waals surface area contributed by atoms with Gasteiger partial charge < -0.3 is 19.0 Å². The van der Waals surface area contributed by atoms with Gasteiger partial charge in [-0.25, -0.2) is 4.79 Å². The van der Waals surface area contributed by atoms with Gasteiger partial charge in [0.1, 0.15) is 0 Å². The summed E-state index contributed by atoms with van der Waals surface area (Å²) < 4.78 is 15.5. The molecule has 0 atom stereocenters. The van der Waals surface area contributed by atoms with Gasteiger partial charge >= 0.3 is 5.97 Å². The molecule has 0 aromatic heterocycles. The molecule has 0 spiro atoms. The molecule has 0 bridgehead atoms. The Morgan fingerprint density at radius 2 is 1.67 bits per heavy atom. The molecular formula is C12H15NO5. The Bertz CT molecular complexity index is 431. The molecule has 0 saturated carbocycles. The topological polar surface area (TPSA) is 66.4 Å². The molecule has 0 aliphatic heterocycles. The van der Waals surface area contributed by atoms with Crippen molar-refractivity contribution in [3.63, 3.8) is 0 Å². The van der Waals surface area contributed by atoms with Crippen LogP contribution in [0.2, 0.25) is 0 Å². The Kier molecular flexibility index (Phi) is 4.98. The number of methoxy groups -OCH3 is 3. The molecule has 0 radical (unpaired) electrons. The highest BCUT2D eigenvalue weighted by Gasteiger charge is 2.12. The van der Waals surface area contributed by atoms with Crippen LogP contribution in [0.5, 0.6) is 17.2 Å². The molecule has 1 aromatic rings. The molecule has 0 amide bonds. The fraction of sp³-hybridized carbons (Fsp3) is 0.333. The predicted octanol–water partition coefficient (Wildman–Crippen LogP) is 1.61. The van der Waals surface area contributed by atoms with E-state index in [9.17, 15) is 4.79 Å². The lowest BCUT2D eigenvalue weighted by molar-refractivity contribution is -0.140. The zero-order valence-corrected chi connectivity index (χ0v) is 10.7. The van der Waals surface area contributed by atoms with Gasteiger partial charge in [0.05, 0.1) is 27.5 Å². The van der Waals surface area contributed by atoms with Gasteiger partial charge in [-0.15, -0.1) is 0 Å². The summed E-state index contributed by atoms with van der Waals surface area (Å²) >= 11 is 0. The van der Waals surface area contributed by atoms with Gasteiger partial charge in [-0.1, -0.05) is 5.16 Å². The Labute approximate surface area is 105 Å². The number of rotatable bonds is 5. The van der Waals surface area contributed by atoms with Gasteiger partial charge in [0.15, 0.2) is 11.5 Å². The summed E-state index contributed by atoms with van der Waals surface area (Å²) in [4.78, 5) is 15.0. The zero-order chi connectivity index (χ0) is 13.5. The molecule has 0 aliphatic rings. The number of nitrogens with zero attached hydrogens (tertiary/aromatic N) is 1. The second-order valence-electron chi connectivity index (χ2n) is 3.28. The minimum absolute atomic E-state index is 0.487. The molecule has 0 aliphatic carbocycles. The summed E-state index contributed by atoms with van der Waals surface area (Å²) in [7, 11) is 4.56. The van der Waals surface area contributed by atoms with E-state index in [4.69, 9.17) is 14.2 Å². The molecule has 0 saturated heterocycles. The molecule has 1 aromatic carbocycles. The largest absolute Gasteiger partial charge is 0.493 e. The van der Waals surface area contributed by atoms with Gasteiger partial charge in [0.2, 0.25) is 5.75 Å². The van der Waals surface area contributed by atoms with Crippen molar-refractivity contribution in [1.29, 1.82) is 0 Å². The van der Waals surface area contributed by atoms with E-state index in [0.29, 0.717) is 22.8 Å². The molecule has 1 rings (SSSR count). The maximum absolute atomic E-state index is 10.6. The van der Waals surface area contributed by atoms with Gasteiger partial charge in [-0.3, -0.25) is 0 Å². The van der Waals surface area contributed by atoms with Crippen molar-refractivity contribution in [2.45, 2.75) is 6.92 Å². The van der Waals surface area contributed by atoms with Gasteiger partial charge in [0.25, 0.3) is 0 Å². The standard InChI is InChI=1S/C12H15NO5/c1-8(14)18-13-7-9-5-10(15-2)12(17-4)11(6-9)16-3/h5-7H,1-4H3/b13-7+. The summed E-state index contributed by atoms with van der Waals surface area (Å²) in [6.45, 7) is 1.27. The van der Waals surface area contributed by atoms with E-state index < -0.39 is 5.97 Å². The van der Waals surface area contributed by atoms with E-state index in [2.05, 4.69) is 9.99 Å². The highest BCUT2D eigenvalue weighted by atomic mass is 16.7. The summed E-state index contributed by atoms with van der Waals surface area (Å²) in [6, 6.07) is 3.38. The average Bonchev–Trinajstić information content (AvgIpc) is 2.36. The zero-order valence-electron chi connectivity index (χ0n) is 10.7. The Hall–Kier alpha value is -2.24. The molecule has 6 nitrogen and oxygen atoms in total. The molecule has 0 N–H and O–H groups in total. The number of benzene rings is 1. The third-order valence-corrected chi connectivity index (χ3v) is 2.07. The third kappa shape index (κ3) is 3.38. The molecule has 0 fully saturated rings. The molecule has 6 heteroatoms. The molecular weight excluding hydrogens is 238 g/mol. The third-order valence-electron chi connectivity index (χ3n) is 2.07. The van der Waals surface area contributed by atoms with Crippen LogP contribution in [0.25, 0.3) is 0 Å². The van der Waals surface area contributed by atoms with Crippen molar-refractivity contribution >= 4 is 12.2 Å². The number of oxime groups is 1. The van der Waals surface area contributed by atoms with Crippen molar-refractivity contribution in [2.24, 2.45) is 5.16 Å². The van der Waals surface area contributed by atoms with Crippen LogP contribution >= 0.6 is 0 Å². The summed E-state index contributed by atoms with van der Waals surface area (Å²) in [5.74, 6) is 1.01. The Morgan fingerprint density at radius 3 is 2.06 bits per heavy atom. The first-order valence-corrected chi connectivity index (χ1v) is 5.13.